The molecule has 4 heterocycles. The predicted octanol–water partition coefficient (Wildman–Crippen LogP) is 3.32. The van der Waals surface area contributed by atoms with Crippen molar-refractivity contribution in [3.05, 3.63) is 61.4 Å². The van der Waals surface area contributed by atoms with Crippen LogP contribution in [0.25, 0.3) is 22.3 Å². The van der Waals surface area contributed by atoms with Gasteiger partial charge in [-0.1, -0.05) is 18.5 Å². The SMILES string of the molecule is CC[C@@]1(O)C(=O)OCc2c1cc1n(c2=O)Cc2c-1nc1c(Cl)c(F)c(F)cc1c2C. The van der Waals surface area contributed by atoms with E-state index in [9.17, 15) is 23.5 Å². The van der Waals surface area contributed by atoms with E-state index < -0.39 is 33.8 Å². The number of ether oxygens (including phenoxy) is 1. The molecular formula is C21H15ClF2N2O4. The van der Waals surface area contributed by atoms with Gasteiger partial charge in [0.05, 0.1) is 29.0 Å². The van der Waals surface area contributed by atoms with Crippen LogP contribution in [0, 0.1) is 18.6 Å². The molecule has 1 N–H and O–H groups in total. The van der Waals surface area contributed by atoms with Crippen LogP contribution in [-0.4, -0.2) is 20.6 Å². The highest BCUT2D eigenvalue weighted by molar-refractivity contribution is 6.35. The highest BCUT2D eigenvalue weighted by Crippen LogP contribution is 2.41. The third-order valence-corrected chi connectivity index (χ3v) is 6.45. The zero-order valence-corrected chi connectivity index (χ0v) is 16.7. The van der Waals surface area contributed by atoms with Crippen LogP contribution in [0.4, 0.5) is 8.78 Å². The molecule has 0 aliphatic carbocycles. The molecule has 5 rings (SSSR count). The first kappa shape index (κ1) is 19.1. The molecule has 1 aromatic carbocycles. The summed E-state index contributed by atoms with van der Waals surface area (Å²) in [6.45, 7) is 3.27. The first-order valence-corrected chi connectivity index (χ1v) is 9.70. The zero-order valence-electron chi connectivity index (χ0n) is 16.0. The van der Waals surface area contributed by atoms with E-state index in [1.54, 1.807) is 19.9 Å². The number of nitrogens with zero attached hydrogens (tertiary/aromatic N) is 2. The summed E-state index contributed by atoms with van der Waals surface area (Å²) < 4.78 is 34.4. The fourth-order valence-corrected chi connectivity index (χ4v) is 4.55. The number of hydrogen-bond acceptors (Lipinski definition) is 5. The summed E-state index contributed by atoms with van der Waals surface area (Å²) in [6.07, 6.45) is 0.0229. The van der Waals surface area contributed by atoms with Gasteiger partial charge in [-0.3, -0.25) is 4.79 Å². The van der Waals surface area contributed by atoms with Crippen LogP contribution in [0.2, 0.25) is 5.02 Å². The number of esters is 1. The van der Waals surface area contributed by atoms with Gasteiger partial charge in [0.15, 0.2) is 17.2 Å². The molecule has 0 bridgehead atoms. The maximum Gasteiger partial charge on any atom is 0.343 e. The molecule has 6 nitrogen and oxygen atoms in total. The fourth-order valence-electron chi connectivity index (χ4n) is 4.32. The number of carbonyl (C=O) groups excluding carboxylic acids is 1. The average Bonchev–Trinajstić information content (AvgIpc) is 3.10. The normalized spacial score (nSPS) is 19.5. The van der Waals surface area contributed by atoms with Gasteiger partial charge >= 0.3 is 5.97 Å². The van der Waals surface area contributed by atoms with Gasteiger partial charge in [0, 0.05) is 16.5 Å². The van der Waals surface area contributed by atoms with Crippen molar-refractivity contribution < 1.29 is 23.4 Å². The first-order chi connectivity index (χ1) is 14.2. The van der Waals surface area contributed by atoms with E-state index in [0.717, 1.165) is 6.07 Å². The van der Waals surface area contributed by atoms with E-state index in [-0.39, 0.29) is 36.2 Å². The Hall–Kier alpha value is -2.84. The Morgan fingerprint density at radius 1 is 1.30 bits per heavy atom. The van der Waals surface area contributed by atoms with Crippen LogP contribution in [-0.2, 0) is 28.3 Å². The molecule has 0 amide bonds. The quantitative estimate of drug-likeness (QED) is 0.368. The molecule has 2 aromatic heterocycles. The van der Waals surface area contributed by atoms with Gasteiger partial charge in [-0.2, -0.15) is 0 Å². The number of benzene rings is 1. The van der Waals surface area contributed by atoms with Gasteiger partial charge in [-0.05, 0) is 31.0 Å². The number of aryl methyl sites for hydroxylation is 1. The molecule has 0 radical (unpaired) electrons. The van der Waals surface area contributed by atoms with E-state index in [0.29, 0.717) is 27.9 Å². The minimum Gasteiger partial charge on any atom is -0.458 e. The fraction of sp³-hybridized carbons (Fsp3) is 0.286. The summed E-state index contributed by atoms with van der Waals surface area (Å²) in [7, 11) is 0. The van der Waals surface area contributed by atoms with Crippen LogP contribution in [0.1, 0.15) is 35.6 Å². The van der Waals surface area contributed by atoms with Crippen molar-refractivity contribution in [2.75, 3.05) is 0 Å². The molecule has 2 aliphatic heterocycles. The van der Waals surface area contributed by atoms with Crippen LogP contribution in [0.3, 0.4) is 0 Å². The summed E-state index contributed by atoms with van der Waals surface area (Å²) in [4.78, 5) is 29.8. The van der Waals surface area contributed by atoms with Crippen molar-refractivity contribution in [3.63, 3.8) is 0 Å². The highest BCUT2D eigenvalue weighted by atomic mass is 35.5. The zero-order chi connectivity index (χ0) is 21.5. The Kier molecular flexibility index (Phi) is 3.88. The maximum absolute atomic E-state index is 14.0. The molecule has 1 atom stereocenters. The summed E-state index contributed by atoms with van der Waals surface area (Å²) in [5.41, 5.74) is 0.151. The number of cyclic esters (lactones) is 1. The van der Waals surface area contributed by atoms with Crippen LogP contribution < -0.4 is 5.56 Å². The summed E-state index contributed by atoms with van der Waals surface area (Å²) >= 11 is 6.02. The Bertz CT molecular complexity index is 1370. The minimum atomic E-state index is -1.94. The molecule has 3 aromatic rings. The van der Waals surface area contributed by atoms with Gasteiger partial charge in [0.2, 0.25) is 0 Å². The lowest BCUT2D eigenvalue weighted by Crippen LogP contribution is -2.44. The molecule has 0 fully saturated rings. The van der Waals surface area contributed by atoms with E-state index in [1.165, 1.54) is 4.57 Å². The van der Waals surface area contributed by atoms with E-state index in [2.05, 4.69) is 4.98 Å². The van der Waals surface area contributed by atoms with Crippen molar-refractivity contribution >= 4 is 28.5 Å². The smallest absolute Gasteiger partial charge is 0.343 e. The third-order valence-electron chi connectivity index (χ3n) is 6.10. The van der Waals surface area contributed by atoms with Crippen LogP contribution >= 0.6 is 11.6 Å². The van der Waals surface area contributed by atoms with Crippen molar-refractivity contribution in [2.45, 2.75) is 39.0 Å². The average molecular weight is 433 g/mol. The summed E-state index contributed by atoms with van der Waals surface area (Å²) in [5, 5.41) is 10.8. The molecule has 0 unspecified atom stereocenters. The molecule has 30 heavy (non-hydrogen) atoms. The lowest BCUT2D eigenvalue weighted by molar-refractivity contribution is -0.172. The Labute approximate surface area is 173 Å². The molecule has 9 heteroatoms. The molecule has 0 saturated heterocycles. The molecular weight excluding hydrogens is 418 g/mol. The Morgan fingerprint density at radius 3 is 2.73 bits per heavy atom. The van der Waals surface area contributed by atoms with Crippen molar-refractivity contribution in [3.8, 4) is 11.4 Å². The number of aromatic nitrogens is 2. The minimum absolute atomic E-state index is 0.0229. The lowest BCUT2D eigenvalue weighted by Gasteiger charge is -2.31. The number of fused-ring (bicyclic) bond motifs is 5. The molecule has 0 spiro atoms. The summed E-state index contributed by atoms with van der Waals surface area (Å²) in [5.74, 6) is -3.09. The van der Waals surface area contributed by atoms with Crippen molar-refractivity contribution in [1.29, 1.82) is 0 Å². The molecule has 154 valence electrons. The number of hydrogen-bond donors (Lipinski definition) is 1. The topological polar surface area (TPSA) is 81.4 Å². The van der Waals surface area contributed by atoms with E-state index in [4.69, 9.17) is 16.3 Å². The second kappa shape index (κ2) is 6.09. The highest BCUT2D eigenvalue weighted by Gasteiger charge is 2.45. The second-order valence-corrected chi connectivity index (χ2v) is 7.93. The second-order valence-electron chi connectivity index (χ2n) is 7.55. The van der Waals surface area contributed by atoms with Gasteiger partial charge in [0.1, 0.15) is 11.6 Å². The first-order valence-electron chi connectivity index (χ1n) is 9.32. The van der Waals surface area contributed by atoms with Crippen LogP contribution in [0.5, 0.6) is 0 Å². The lowest BCUT2D eigenvalue weighted by atomic mass is 9.86. The van der Waals surface area contributed by atoms with E-state index >= 15 is 0 Å². The number of carbonyl (C=O) groups is 1. The van der Waals surface area contributed by atoms with Gasteiger partial charge < -0.3 is 14.4 Å². The molecule has 0 saturated carbocycles. The Morgan fingerprint density at radius 2 is 2.03 bits per heavy atom. The number of pyridine rings is 2. The van der Waals surface area contributed by atoms with Crippen molar-refractivity contribution in [2.24, 2.45) is 0 Å². The number of aliphatic hydroxyl groups is 1. The maximum atomic E-state index is 14.0. The van der Waals surface area contributed by atoms with Crippen LogP contribution in [0.15, 0.2) is 16.9 Å². The summed E-state index contributed by atoms with van der Waals surface area (Å²) in [6, 6.07) is 2.59. The number of halogens is 3. The number of rotatable bonds is 1. The van der Waals surface area contributed by atoms with Gasteiger partial charge in [-0.15, -0.1) is 0 Å². The molecule has 2 aliphatic rings. The van der Waals surface area contributed by atoms with Gasteiger partial charge in [-0.25, -0.2) is 18.6 Å². The van der Waals surface area contributed by atoms with Gasteiger partial charge in [0.25, 0.3) is 5.56 Å². The predicted molar refractivity (Wildman–Crippen MR) is 104 cm³/mol. The van der Waals surface area contributed by atoms with E-state index in [1.807, 2.05) is 0 Å². The largest absolute Gasteiger partial charge is 0.458 e. The standard InChI is InChI=1S/C21H15ClF2N2O4/c1-3-21(29)12-5-14-17-10(6-26(14)19(27)11(12)7-30-20(21)28)8(2)9-4-13(23)16(24)15(22)18(9)25-17/h4-5,29H,3,6-7H2,1-2H3/t21-/m0/s1. The third kappa shape index (κ3) is 2.23. The van der Waals surface area contributed by atoms with Crippen molar-refractivity contribution in [1.82, 2.24) is 9.55 Å². The Balaban J connectivity index is 1.86. The monoisotopic (exact) mass is 432 g/mol.